The molecular weight excluding hydrogens is 409 g/mol. The highest BCUT2D eigenvalue weighted by Gasteiger charge is 2.18. The van der Waals surface area contributed by atoms with E-state index in [1.165, 1.54) is 4.57 Å². The Bertz CT molecular complexity index is 1200. The van der Waals surface area contributed by atoms with E-state index in [9.17, 15) is 9.59 Å². The average molecular weight is 424 g/mol. The van der Waals surface area contributed by atoms with Gasteiger partial charge < -0.3 is 5.32 Å². The van der Waals surface area contributed by atoms with Crippen molar-refractivity contribution in [2.75, 3.05) is 5.32 Å². The van der Waals surface area contributed by atoms with Gasteiger partial charge in [0.25, 0.3) is 5.91 Å². The van der Waals surface area contributed by atoms with Crippen molar-refractivity contribution in [3.05, 3.63) is 94.4 Å². The van der Waals surface area contributed by atoms with Gasteiger partial charge in [-0.15, -0.1) is 0 Å². The van der Waals surface area contributed by atoms with Gasteiger partial charge in [-0.25, -0.2) is 0 Å². The van der Waals surface area contributed by atoms with Gasteiger partial charge in [0.1, 0.15) is 0 Å². The quantitative estimate of drug-likeness (QED) is 0.489. The van der Waals surface area contributed by atoms with Crippen LogP contribution in [0.5, 0.6) is 0 Å². The molecule has 0 aliphatic heterocycles. The standard InChI is InChI=1S/C22H15Cl2N3O2/c23-17-4-1-5-18(24)21(17)22(29)27-10-8-15-12-16(6-7-19(15)27)26-20(28)11-14-3-2-9-25-13-14/h1-10,12-13H,11H2,(H,26,28). The maximum absolute atomic E-state index is 12.9. The number of fused-ring (bicyclic) bond motifs is 1. The van der Waals surface area contributed by atoms with Crippen LogP contribution in [0, 0.1) is 0 Å². The van der Waals surface area contributed by atoms with Crippen LogP contribution in [0.25, 0.3) is 10.9 Å². The molecule has 7 heteroatoms. The molecule has 1 N–H and O–H groups in total. The van der Waals surface area contributed by atoms with E-state index in [-0.39, 0.29) is 23.8 Å². The molecule has 0 spiro atoms. The van der Waals surface area contributed by atoms with Crippen molar-refractivity contribution < 1.29 is 9.59 Å². The predicted molar refractivity (Wildman–Crippen MR) is 115 cm³/mol. The summed E-state index contributed by atoms with van der Waals surface area (Å²) in [6, 6.07) is 15.7. The van der Waals surface area contributed by atoms with E-state index in [1.54, 1.807) is 61.1 Å². The number of anilines is 1. The molecule has 0 saturated carbocycles. The maximum Gasteiger partial charge on any atom is 0.265 e. The zero-order valence-electron chi connectivity index (χ0n) is 15.1. The number of halogens is 2. The van der Waals surface area contributed by atoms with Crippen molar-refractivity contribution in [2.24, 2.45) is 0 Å². The van der Waals surface area contributed by atoms with Crippen molar-refractivity contribution in [3.63, 3.8) is 0 Å². The normalized spacial score (nSPS) is 10.8. The SMILES string of the molecule is O=C(Cc1cccnc1)Nc1ccc2c(ccn2C(=O)c2c(Cl)cccc2Cl)c1. The fourth-order valence-corrected chi connectivity index (χ4v) is 3.67. The minimum atomic E-state index is -0.316. The van der Waals surface area contributed by atoms with Crippen molar-refractivity contribution in [2.45, 2.75) is 6.42 Å². The molecule has 4 rings (SSSR count). The summed E-state index contributed by atoms with van der Waals surface area (Å²) in [5.74, 6) is -0.459. The Hall–Kier alpha value is -3.15. The maximum atomic E-state index is 12.9. The highest BCUT2D eigenvalue weighted by atomic mass is 35.5. The van der Waals surface area contributed by atoms with Gasteiger partial charge in [0, 0.05) is 29.7 Å². The van der Waals surface area contributed by atoms with E-state index in [2.05, 4.69) is 10.3 Å². The first-order chi connectivity index (χ1) is 14.0. The fourth-order valence-electron chi connectivity index (χ4n) is 3.11. The number of rotatable bonds is 4. The first kappa shape index (κ1) is 19.2. The summed E-state index contributed by atoms with van der Waals surface area (Å²) in [5.41, 5.74) is 2.42. The minimum Gasteiger partial charge on any atom is -0.326 e. The lowest BCUT2D eigenvalue weighted by Gasteiger charge is -2.09. The van der Waals surface area contributed by atoms with Gasteiger partial charge in [-0.05, 0) is 48.0 Å². The van der Waals surface area contributed by atoms with E-state index in [1.807, 2.05) is 12.1 Å². The van der Waals surface area contributed by atoms with Gasteiger partial charge >= 0.3 is 0 Å². The number of nitrogens with zero attached hydrogens (tertiary/aromatic N) is 2. The lowest BCUT2D eigenvalue weighted by atomic mass is 10.2. The molecule has 1 amide bonds. The van der Waals surface area contributed by atoms with Crippen molar-refractivity contribution in [1.82, 2.24) is 9.55 Å². The molecule has 29 heavy (non-hydrogen) atoms. The molecule has 2 aromatic heterocycles. The molecule has 0 unspecified atom stereocenters. The first-order valence-corrected chi connectivity index (χ1v) is 9.57. The van der Waals surface area contributed by atoms with Crippen LogP contribution < -0.4 is 5.32 Å². The smallest absolute Gasteiger partial charge is 0.265 e. The first-order valence-electron chi connectivity index (χ1n) is 8.81. The third-order valence-electron chi connectivity index (χ3n) is 4.46. The topological polar surface area (TPSA) is 64.0 Å². The van der Waals surface area contributed by atoms with Crippen LogP contribution >= 0.6 is 23.2 Å². The third-order valence-corrected chi connectivity index (χ3v) is 5.09. The number of nitrogens with one attached hydrogen (secondary N) is 1. The minimum absolute atomic E-state index is 0.143. The number of aromatic nitrogens is 2. The highest BCUT2D eigenvalue weighted by molar-refractivity contribution is 6.40. The van der Waals surface area contributed by atoms with Gasteiger partial charge in [-0.2, -0.15) is 0 Å². The van der Waals surface area contributed by atoms with Gasteiger partial charge in [0.15, 0.2) is 0 Å². The summed E-state index contributed by atoms with van der Waals surface area (Å²) in [5, 5.41) is 4.26. The molecule has 0 aliphatic rings. The van der Waals surface area contributed by atoms with Crippen LogP contribution in [0.4, 0.5) is 5.69 Å². The molecule has 0 radical (unpaired) electrons. The Kier molecular flexibility index (Phi) is 5.34. The predicted octanol–water partition coefficient (Wildman–Crippen LogP) is 5.21. The molecule has 2 aromatic carbocycles. The number of carbonyl (C=O) groups excluding carboxylic acids is 2. The second-order valence-corrected chi connectivity index (χ2v) is 7.26. The number of carbonyl (C=O) groups is 2. The number of hydrogen-bond donors (Lipinski definition) is 1. The third kappa shape index (κ3) is 4.01. The summed E-state index contributed by atoms with van der Waals surface area (Å²) < 4.78 is 1.49. The van der Waals surface area contributed by atoms with Gasteiger partial charge in [0.05, 0.1) is 27.5 Å². The van der Waals surface area contributed by atoms with Gasteiger partial charge in [-0.3, -0.25) is 19.1 Å². The van der Waals surface area contributed by atoms with E-state index in [0.29, 0.717) is 21.2 Å². The Morgan fingerprint density at radius 3 is 2.52 bits per heavy atom. The molecule has 144 valence electrons. The van der Waals surface area contributed by atoms with Crippen LogP contribution in [-0.2, 0) is 11.2 Å². The van der Waals surface area contributed by atoms with E-state index in [4.69, 9.17) is 23.2 Å². The second kappa shape index (κ2) is 8.07. The molecule has 0 atom stereocenters. The molecule has 0 fully saturated rings. The van der Waals surface area contributed by atoms with Crippen molar-refractivity contribution >= 4 is 51.6 Å². The Morgan fingerprint density at radius 2 is 1.79 bits per heavy atom. The van der Waals surface area contributed by atoms with Crippen LogP contribution in [0.2, 0.25) is 10.0 Å². The van der Waals surface area contributed by atoms with Crippen LogP contribution in [0.3, 0.4) is 0 Å². The lowest BCUT2D eigenvalue weighted by Crippen LogP contribution is -2.14. The van der Waals surface area contributed by atoms with Crippen LogP contribution in [-0.4, -0.2) is 21.4 Å². The van der Waals surface area contributed by atoms with Crippen LogP contribution in [0.15, 0.2) is 73.2 Å². The molecular formula is C22H15Cl2N3O2. The summed E-state index contributed by atoms with van der Waals surface area (Å²) in [6.45, 7) is 0. The van der Waals surface area contributed by atoms with Crippen molar-refractivity contribution in [1.29, 1.82) is 0 Å². The summed E-state index contributed by atoms with van der Waals surface area (Å²) >= 11 is 12.3. The summed E-state index contributed by atoms with van der Waals surface area (Å²) in [6.07, 6.45) is 5.22. The fraction of sp³-hybridized carbons (Fsp3) is 0.0455. The van der Waals surface area contributed by atoms with Crippen molar-refractivity contribution in [3.8, 4) is 0 Å². The molecule has 2 heterocycles. The van der Waals surface area contributed by atoms with Gasteiger partial charge in [0.2, 0.25) is 5.91 Å². The van der Waals surface area contributed by atoms with E-state index < -0.39 is 0 Å². The Balaban J connectivity index is 1.58. The summed E-state index contributed by atoms with van der Waals surface area (Å²) in [4.78, 5) is 29.2. The Morgan fingerprint density at radius 1 is 1.00 bits per heavy atom. The second-order valence-electron chi connectivity index (χ2n) is 6.45. The summed E-state index contributed by atoms with van der Waals surface area (Å²) in [7, 11) is 0. The number of pyridine rings is 1. The molecule has 0 saturated heterocycles. The van der Waals surface area contributed by atoms with Crippen LogP contribution in [0.1, 0.15) is 15.9 Å². The Labute approximate surface area is 176 Å². The largest absolute Gasteiger partial charge is 0.326 e. The highest BCUT2D eigenvalue weighted by Crippen LogP contribution is 2.28. The number of amides is 1. The van der Waals surface area contributed by atoms with E-state index in [0.717, 1.165) is 10.9 Å². The zero-order valence-corrected chi connectivity index (χ0v) is 16.6. The molecule has 0 bridgehead atoms. The molecule has 5 nitrogen and oxygen atoms in total. The van der Waals surface area contributed by atoms with Gasteiger partial charge in [-0.1, -0.05) is 35.3 Å². The lowest BCUT2D eigenvalue weighted by molar-refractivity contribution is -0.115. The monoisotopic (exact) mass is 423 g/mol. The van der Waals surface area contributed by atoms with E-state index >= 15 is 0 Å². The molecule has 0 aliphatic carbocycles. The number of hydrogen-bond acceptors (Lipinski definition) is 3. The number of benzene rings is 2. The average Bonchev–Trinajstić information content (AvgIpc) is 3.11. The molecule has 4 aromatic rings. The zero-order chi connectivity index (χ0) is 20.4.